The first kappa shape index (κ1) is 16.6. The molecule has 21 heavy (non-hydrogen) atoms. The zero-order valence-corrected chi connectivity index (χ0v) is 14.7. The Kier molecular flexibility index (Phi) is 5.57. The van der Waals surface area contributed by atoms with Gasteiger partial charge in [0, 0.05) is 6.54 Å². The van der Waals surface area contributed by atoms with E-state index in [2.05, 4.69) is 38.2 Å². The van der Waals surface area contributed by atoms with Crippen molar-refractivity contribution in [2.24, 2.45) is 0 Å². The van der Waals surface area contributed by atoms with Crippen LogP contribution in [0.25, 0.3) is 0 Å². The largest absolute Gasteiger partial charge is 0.308 e. The maximum absolute atomic E-state index is 13.1. The standard InChI is InChI=1S/C15H25BrN4O/c1-4-6-15(7-5-8-17-15)14(21)13-12(16)11-18-20(13)10-9-19(2)3/h11,17H,4-10H2,1-3H3. The zero-order chi connectivity index (χ0) is 15.5. The average molecular weight is 357 g/mol. The molecular weight excluding hydrogens is 332 g/mol. The summed E-state index contributed by atoms with van der Waals surface area (Å²) in [6.45, 7) is 4.65. The summed E-state index contributed by atoms with van der Waals surface area (Å²) in [5, 5.41) is 7.82. The molecule has 1 saturated heterocycles. The van der Waals surface area contributed by atoms with Crippen LogP contribution in [0, 0.1) is 0 Å². The molecule has 1 aliphatic rings. The number of carbonyl (C=O) groups is 1. The number of carbonyl (C=O) groups excluding carboxylic acids is 1. The number of nitrogens with one attached hydrogen (secondary N) is 1. The highest BCUT2D eigenvalue weighted by Crippen LogP contribution is 2.31. The third kappa shape index (κ3) is 3.55. The lowest BCUT2D eigenvalue weighted by atomic mass is 9.85. The van der Waals surface area contributed by atoms with Crippen LogP contribution in [0.15, 0.2) is 10.7 Å². The van der Waals surface area contributed by atoms with Gasteiger partial charge in [-0.25, -0.2) is 0 Å². The smallest absolute Gasteiger partial charge is 0.201 e. The molecule has 0 radical (unpaired) electrons. The molecule has 1 N–H and O–H groups in total. The van der Waals surface area contributed by atoms with Crippen molar-refractivity contribution in [1.29, 1.82) is 0 Å². The normalized spacial score (nSPS) is 22.1. The monoisotopic (exact) mass is 356 g/mol. The van der Waals surface area contributed by atoms with E-state index in [-0.39, 0.29) is 5.78 Å². The Balaban J connectivity index is 2.27. The lowest BCUT2D eigenvalue weighted by molar-refractivity contribution is 0.0844. The Labute approximate surface area is 135 Å². The number of rotatable bonds is 7. The summed E-state index contributed by atoms with van der Waals surface area (Å²) < 4.78 is 2.64. The molecule has 0 amide bonds. The van der Waals surface area contributed by atoms with Crippen molar-refractivity contribution in [3.8, 4) is 0 Å². The van der Waals surface area contributed by atoms with Crippen molar-refractivity contribution < 1.29 is 4.79 Å². The fourth-order valence-electron chi connectivity index (χ4n) is 3.03. The van der Waals surface area contributed by atoms with E-state index in [9.17, 15) is 4.79 Å². The fourth-order valence-corrected chi connectivity index (χ4v) is 3.51. The van der Waals surface area contributed by atoms with Gasteiger partial charge in [0.1, 0.15) is 5.69 Å². The van der Waals surface area contributed by atoms with Crippen molar-refractivity contribution in [3.63, 3.8) is 0 Å². The summed E-state index contributed by atoms with van der Waals surface area (Å²) in [4.78, 5) is 15.2. The molecule has 1 aromatic heterocycles. The molecule has 0 aromatic carbocycles. The summed E-state index contributed by atoms with van der Waals surface area (Å²) in [6, 6.07) is 0. The van der Waals surface area contributed by atoms with E-state index in [0.29, 0.717) is 5.69 Å². The first-order valence-corrected chi connectivity index (χ1v) is 8.45. The van der Waals surface area contributed by atoms with Gasteiger partial charge in [0.2, 0.25) is 5.78 Å². The maximum Gasteiger partial charge on any atom is 0.201 e. The van der Waals surface area contributed by atoms with Gasteiger partial charge >= 0.3 is 0 Å². The van der Waals surface area contributed by atoms with Crippen LogP contribution in [0.2, 0.25) is 0 Å². The molecule has 6 heteroatoms. The molecule has 1 aromatic rings. The number of hydrogen-bond donors (Lipinski definition) is 1. The van der Waals surface area contributed by atoms with E-state index in [0.717, 1.165) is 49.8 Å². The molecule has 2 heterocycles. The highest BCUT2D eigenvalue weighted by molar-refractivity contribution is 9.10. The van der Waals surface area contributed by atoms with Gasteiger partial charge in [-0.2, -0.15) is 5.10 Å². The fraction of sp³-hybridized carbons (Fsp3) is 0.733. The molecule has 5 nitrogen and oxygen atoms in total. The average Bonchev–Trinajstić information content (AvgIpc) is 3.04. The van der Waals surface area contributed by atoms with E-state index in [1.165, 1.54) is 0 Å². The molecule has 0 spiro atoms. The molecule has 1 fully saturated rings. The van der Waals surface area contributed by atoms with E-state index in [1.54, 1.807) is 6.20 Å². The van der Waals surface area contributed by atoms with E-state index >= 15 is 0 Å². The zero-order valence-electron chi connectivity index (χ0n) is 13.2. The van der Waals surface area contributed by atoms with E-state index in [4.69, 9.17) is 0 Å². The quantitative estimate of drug-likeness (QED) is 0.761. The van der Waals surface area contributed by atoms with Crippen LogP contribution < -0.4 is 5.32 Å². The minimum Gasteiger partial charge on any atom is -0.308 e. The third-order valence-corrected chi connectivity index (χ3v) is 4.70. The van der Waals surface area contributed by atoms with Crippen molar-refractivity contribution >= 4 is 21.7 Å². The second-order valence-electron chi connectivity index (χ2n) is 6.06. The van der Waals surface area contributed by atoms with Crippen LogP contribution in [0.3, 0.4) is 0 Å². The summed E-state index contributed by atoms with van der Waals surface area (Å²) in [6.07, 6.45) is 5.61. The van der Waals surface area contributed by atoms with Crippen LogP contribution in [0.5, 0.6) is 0 Å². The van der Waals surface area contributed by atoms with Gasteiger partial charge in [-0.3, -0.25) is 9.48 Å². The number of hydrogen-bond acceptors (Lipinski definition) is 4. The third-order valence-electron chi connectivity index (χ3n) is 4.12. The summed E-state index contributed by atoms with van der Waals surface area (Å²) in [5.74, 6) is 0.185. The molecule has 0 aliphatic carbocycles. The lowest BCUT2D eigenvalue weighted by Crippen LogP contribution is -2.48. The SMILES string of the molecule is CCCC1(C(=O)c2c(Br)cnn2CCN(C)C)CCCN1. The molecule has 118 valence electrons. The minimum absolute atomic E-state index is 0.185. The van der Waals surface area contributed by atoms with E-state index < -0.39 is 5.54 Å². The van der Waals surface area contributed by atoms with Gasteiger partial charge in [0.15, 0.2) is 0 Å². The van der Waals surface area contributed by atoms with Crippen LogP contribution in [-0.2, 0) is 6.54 Å². The number of nitrogens with zero attached hydrogens (tertiary/aromatic N) is 3. The van der Waals surface area contributed by atoms with Gasteiger partial charge in [0.25, 0.3) is 0 Å². The summed E-state index contributed by atoms with van der Waals surface area (Å²) in [7, 11) is 4.05. The molecule has 2 rings (SSSR count). The molecule has 0 saturated carbocycles. The van der Waals surface area contributed by atoms with Gasteiger partial charge in [-0.15, -0.1) is 0 Å². The Bertz CT molecular complexity index is 492. The molecule has 1 unspecified atom stereocenters. The Morgan fingerprint density at radius 2 is 2.33 bits per heavy atom. The molecule has 0 bridgehead atoms. The van der Waals surface area contributed by atoms with Crippen molar-refractivity contribution in [3.05, 3.63) is 16.4 Å². The highest BCUT2D eigenvalue weighted by atomic mass is 79.9. The predicted molar refractivity (Wildman–Crippen MR) is 87.7 cm³/mol. The Hall–Kier alpha value is -0.720. The number of aromatic nitrogens is 2. The van der Waals surface area contributed by atoms with Gasteiger partial charge in [-0.1, -0.05) is 13.3 Å². The van der Waals surface area contributed by atoms with Crippen LogP contribution >= 0.6 is 15.9 Å². The van der Waals surface area contributed by atoms with Crippen molar-refractivity contribution in [2.75, 3.05) is 27.2 Å². The van der Waals surface area contributed by atoms with Gasteiger partial charge in [-0.05, 0) is 55.8 Å². The lowest BCUT2D eigenvalue weighted by Gasteiger charge is -2.28. The van der Waals surface area contributed by atoms with Crippen molar-refractivity contribution in [2.45, 2.75) is 44.7 Å². The van der Waals surface area contributed by atoms with Crippen LogP contribution in [0.4, 0.5) is 0 Å². The topological polar surface area (TPSA) is 50.2 Å². The highest BCUT2D eigenvalue weighted by Gasteiger charge is 2.42. The number of Topliss-reactive ketones (excluding diaryl/α,β-unsaturated/α-hetero) is 1. The minimum atomic E-state index is -0.396. The second kappa shape index (κ2) is 7.03. The number of halogens is 1. The van der Waals surface area contributed by atoms with Gasteiger partial charge < -0.3 is 10.2 Å². The summed E-state index contributed by atoms with van der Waals surface area (Å²) in [5.41, 5.74) is 0.312. The number of likely N-dealkylation sites (N-methyl/N-ethyl adjacent to an activating group) is 1. The Morgan fingerprint density at radius 1 is 1.57 bits per heavy atom. The summed E-state index contributed by atoms with van der Waals surface area (Å²) >= 11 is 3.50. The number of ketones is 1. The predicted octanol–water partition coefficient (Wildman–Crippen LogP) is 2.31. The molecule has 1 aliphatic heterocycles. The second-order valence-corrected chi connectivity index (χ2v) is 6.91. The molecule has 1 atom stereocenters. The van der Waals surface area contributed by atoms with Gasteiger partial charge in [0.05, 0.1) is 22.8 Å². The van der Waals surface area contributed by atoms with E-state index in [1.807, 2.05) is 18.8 Å². The molecular formula is C15H25BrN4O. The van der Waals surface area contributed by atoms with Crippen LogP contribution in [-0.4, -0.2) is 53.2 Å². The van der Waals surface area contributed by atoms with Crippen molar-refractivity contribution in [1.82, 2.24) is 20.0 Å². The first-order valence-electron chi connectivity index (χ1n) is 7.66. The van der Waals surface area contributed by atoms with Crippen LogP contribution in [0.1, 0.15) is 43.1 Å². The maximum atomic E-state index is 13.1. The Morgan fingerprint density at radius 3 is 2.90 bits per heavy atom. The first-order chi connectivity index (χ1) is 10.00.